The first-order chi connectivity index (χ1) is 7.51. The van der Waals surface area contributed by atoms with Crippen molar-refractivity contribution in [3.63, 3.8) is 0 Å². The summed E-state index contributed by atoms with van der Waals surface area (Å²) >= 11 is 0. The molecule has 0 aromatic carbocycles. The molecular formula is C10H17NO5. The largest absolute Gasteiger partial charge is 0.480 e. The van der Waals surface area contributed by atoms with Gasteiger partial charge in [0.25, 0.3) is 0 Å². The summed E-state index contributed by atoms with van der Waals surface area (Å²) in [6.07, 6.45) is 0.939. The highest BCUT2D eigenvalue weighted by atomic mass is 16.5. The van der Waals surface area contributed by atoms with Crippen molar-refractivity contribution in [2.75, 3.05) is 7.11 Å². The van der Waals surface area contributed by atoms with Crippen molar-refractivity contribution in [2.45, 2.75) is 38.6 Å². The monoisotopic (exact) mass is 231 g/mol. The third-order valence-electron chi connectivity index (χ3n) is 1.98. The number of carbonyl (C=O) groups is 3. The van der Waals surface area contributed by atoms with E-state index in [9.17, 15) is 14.4 Å². The Morgan fingerprint density at radius 2 is 1.94 bits per heavy atom. The Morgan fingerprint density at radius 3 is 2.38 bits per heavy atom. The van der Waals surface area contributed by atoms with E-state index in [1.807, 2.05) is 6.92 Å². The van der Waals surface area contributed by atoms with Crippen LogP contribution in [0.15, 0.2) is 0 Å². The van der Waals surface area contributed by atoms with Gasteiger partial charge in [-0.05, 0) is 12.8 Å². The van der Waals surface area contributed by atoms with Crippen molar-refractivity contribution in [1.29, 1.82) is 0 Å². The van der Waals surface area contributed by atoms with Crippen LogP contribution < -0.4 is 5.32 Å². The molecule has 0 heterocycles. The minimum Gasteiger partial charge on any atom is -0.480 e. The quantitative estimate of drug-likeness (QED) is 0.615. The number of hydrogen-bond acceptors (Lipinski definition) is 4. The van der Waals surface area contributed by atoms with Crippen LogP contribution in [0.4, 0.5) is 0 Å². The summed E-state index contributed by atoms with van der Waals surface area (Å²) in [6.45, 7) is 1.82. The van der Waals surface area contributed by atoms with Crippen molar-refractivity contribution in [2.24, 2.45) is 0 Å². The van der Waals surface area contributed by atoms with Gasteiger partial charge in [0.15, 0.2) is 0 Å². The van der Waals surface area contributed by atoms with Gasteiger partial charge in [0.1, 0.15) is 6.04 Å². The topological polar surface area (TPSA) is 92.7 Å². The van der Waals surface area contributed by atoms with Gasteiger partial charge >= 0.3 is 11.9 Å². The van der Waals surface area contributed by atoms with Crippen molar-refractivity contribution in [3.05, 3.63) is 0 Å². The van der Waals surface area contributed by atoms with Crippen LogP contribution >= 0.6 is 0 Å². The highest BCUT2D eigenvalue weighted by molar-refractivity contribution is 5.83. The highest BCUT2D eigenvalue weighted by Gasteiger charge is 2.20. The first-order valence-electron chi connectivity index (χ1n) is 5.10. The van der Waals surface area contributed by atoms with Crippen molar-refractivity contribution in [3.8, 4) is 0 Å². The summed E-state index contributed by atoms with van der Waals surface area (Å²) in [6, 6.07) is -1.03. The summed E-state index contributed by atoms with van der Waals surface area (Å²) in [5.74, 6) is -1.95. The molecule has 16 heavy (non-hydrogen) atoms. The van der Waals surface area contributed by atoms with Crippen molar-refractivity contribution in [1.82, 2.24) is 5.32 Å². The lowest BCUT2D eigenvalue weighted by Crippen LogP contribution is -2.41. The minimum atomic E-state index is -1.15. The Hall–Kier alpha value is -1.59. The molecule has 0 spiro atoms. The summed E-state index contributed by atoms with van der Waals surface area (Å²) < 4.78 is 4.39. The summed E-state index contributed by atoms with van der Waals surface area (Å²) in [7, 11) is 1.23. The maximum Gasteiger partial charge on any atom is 0.326 e. The second-order valence-electron chi connectivity index (χ2n) is 3.32. The fraction of sp³-hybridized carbons (Fsp3) is 0.700. The predicted octanol–water partition coefficient (Wildman–Crippen LogP) is 0.309. The van der Waals surface area contributed by atoms with E-state index in [1.54, 1.807) is 0 Å². The molecule has 0 aliphatic rings. The molecule has 1 amide bonds. The number of aliphatic carboxylic acids is 1. The molecule has 92 valence electrons. The van der Waals surface area contributed by atoms with Crippen LogP contribution in [0.5, 0.6) is 0 Å². The van der Waals surface area contributed by atoms with Crippen LogP contribution in [-0.2, 0) is 19.1 Å². The van der Waals surface area contributed by atoms with Crippen molar-refractivity contribution >= 4 is 17.8 Å². The first-order valence-corrected chi connectivity index (χ1v) is 5.10. The Bertz CT molecular complexity index is 264. The van der Waals surface area contributed by atoms with Crippen LogP contribution in [0.1, 0.15) is 32.6 Å². The lowest BCUT2D eigenvalue weighted by molar-refractivity contribution is -0.144. The van der Waals surface area contributed by atoms with Crippen LogP contribution in [0, 0.1) is 0 Å². The molecule has 0 saturated heterocycles. The average Bonchev–Trinajstić information content (AvgIpc) is 2.23. The van der Waals surface area contributed by atoms with Gasteiger partial charge in [0.2, 0.25) is 5.91 Å². The molecule has 0 unspecified atom stereocenters. The van der Waals surface area contributed by atoms with Crippen molar-refractivity contribution < 1.29 is 24.2 Å². The number of methoxy groups -OCH3 is 1. The molecule has 0 aromatic rings. The Balaban J connectivity index is 4.12. The smallest absolute Gasteiger partial charge is 0.326 e. The van der Waals surface area contributed by atoms with Gasteiger partial charge in [0.05, 0.1) is 7.11 Å². The molecule has 2 N–H and O–H groups in total. The van der Waals surface area contributed by atoms with E-state index >= 15 is 0 Å². The number of carboxylic acid groups (broad SMARTS) is 1. The molecule has 0 fully saturated rings. The fourth-order valence-electron chi connectivity index (χ4n) is 1.12. The average molecular weight is 231 g/mol. The molecule has 0 aliphatic heterocycles. The minimum absolute atomic E-state index is 0.0279. The van der Waals surface area contributed by atoms with Gasteiger partial charge in [-0.25, -0.2) is 4.79 Å². The van der Waals surface area contributed by atoms with E-state index in [2.05, 4.69) is 10.1 Å². The molecule has 0 bridgehead atoms. The Morgan fingerprint density at radius 1 is 1.31 bits per heavy atom. The van der Waals surface area contributed by atoms with E-state index in [-0.39, 0.29) is 25.2 Å². The predicted molar refractivity (Wildman–Crippen MR) is 55.7 cm³/mol. The zero-order valence-corrected chi connectivity index (χ0v) is 9.49. The second kappa shape index (κ2) is 7.67. The lowest BCUT2D eigenvalue weighted by Gasteiger charge is -2.13. The number of hydrogen-bond donors (Lipinski definition) is 2. The fourth-order valence-corrected chi connectivity index (χ4v) is 1.12. The SMILES string of the molecule is CCCC(=O)N[C@@H](CCC(=O)OC)C(=O)O. The first kappa shape index (κ1) is 14.4. The number of ether oxygens (including phenoxy) is 1. The normalized spacial score (nSPS) is 11.6. The summed E-state index contributed by atoms with van der Waals surface area (Å²) in [5.41, 5.74) is 0. The van der Waals surface area contributed by atoms with E-state index < -0.39 is 18.0 Å². The Kier molecular flexibility index (Phi) is 6.91. The highest BCUT2D eigenvalue weighted by Crippen LogP contribution is 2.00. The van der Waals surface area contributed by atoms with Gasteiger partial charge in [-0.15, -0.1) is 0 Å². The number of rotatable bonds is 7. The van der Waals surface area contributed by atoms with E-state index in [1.165, 1.54) is 7.11 Å². The maximum atomic E-state index is 11.2. The molecular weight excluding hydrogens is 214 g/mol. The zero-order valence-electron chi connectivity index (χ0n) is 9.49. The molecule has 0 aliphatic carbocycles. The molecule has 0 rings (SSSR count). The number of carboxylic acids is 1. The van der Waals surface area contributed by atoms with Crippen LogP contribution in [-0.4, -0.2) is 36.1 Å². The third-order valence-corrected chi connectivity index (χ3v) is 1.98. The van der Waals surface area contributed by atoms with Gasteiger partial charge in [-0.3, -0.25) is 9.59 Å². The second-order valence-corrected chi connectivity index (χ2v) is 3.32. The number of nitrogens with one attached hydrogen (secondary N) is 1. The third kappa shape index (κ3) is 6.00. The van der Waals surface area contributed by atoms with E-state index in [0.29, 0.717) is 6.42 Å². The van der Waals surface area contributed by atoms with Crippen LogP contribution in [0.3, 0.4) is 0 Å². The van der Waals surface area contributed by atoms with E-state index in [0.717, 1.165) is 0 Å². The van der Waals surface area contributed by atoms with Gasteiger partial charge in [0, 0.05) is 12.8 Å². The molecule has 0 saturated carbocycles. The van der Waals surface area contributed by atoms with Gasteiger partial charge < -0.3 is 15.2 Å². The molecule has 6 heteroatoms. The standard InChI is InChI=1S/C10H17NO5/c1-3-4-8(12)11-7(10(14)15)5-6-9(13)16-2/h7H,3-6H2,1-2H3,(H,11,12)(H,14,15)/t7-/m0/s1. The summed E-state index contributed by atoms with van der Waals surface area (Å²) in [5, 5.41) is 11.2. The van der Waals surface area contributed by atoms with Gasteiger partial charge in [-0.2, -0.15) is 0 Å². The van der Waals surface area contributed by atoms with E-state index in [4.69, 9.17) is 5.11 Å². The van der Waals surface area contributed by atoms with Crippen LogP contribution in [0.2, 0.25) is 0 Å². The van der Waals surface area contributed by atoms with Gasteiger partial charge in [-0.1, -0.05) is 6.92 Å². The number of amides is 1. The summed E-state index contributed by atoms with van der Waals surface area (Å²) in [4.78, 5) is 32.8. The molecule has 0 aromatic heterocycles. The maximum absolute atomic E-state index is 11.2. The molecule has 0 radical (unpaired) electrons. The lowest BCUT2D eigenvalue weighted by atomic mass is 10.1. The number of carbonyl (C=O) groups excluding carboxylic acids is 2. The van der Waals surface area contributed by atoms with Crippen LogP contribution in [0.25, 0.3) is 0 Å². The molecule has 6 nitrogen and oxygen atoms in total. The Labute approximate surface area is 94.0 Å². The molecule has 1 atom stereocenters. The zero-order chi connectivity index (χ0) is 12.6. The number of esters is 1.